The van der Waals surface area contributed by atoms with Crippen LogP contribution in [0.2, 0.25) is 0 Å². The van der Waals surface area contributed by atoms with Crippen molar-refractivity contribution < 1.29 is 0 Å². The number of hydrogen-bond acceptors (Lipinski definition) is 2. The van der Waals surface area contributed by atoms with Crippen LogP contribution in [0.5, 0.6) is 0 Å². The van der Waals surface area contributed by atoms with E-state index in [9.17, 15) is 0 Å². The van der Waals surface area contributed by atoms with E-state index in [2.05, 4.69) is 121 Å². The van der Waals surface area contributed by atoms with E-state index in [-0.39, 0.29) is 0 Å². The van der Waals surface area contributed by atoms with Gasteiger partial charge in [0.25, 0.3) is 0 Å². The molecule has 0 amide bonds. The molecular formula is C34H36N2. The zero-order chi connectivity index (χ0) is 25.6. The Labute approximate surface area is 217 Å². The molecule has 36 heavy (non-hydrogen) atoms. The van der Waals surface area contributed by atoms with E-state index in [4.69, 9.17) is 0 Å². The predicted molar refractivity (Wildman–Crippen MR) is 162 cm³/mol. The van der Waals surface area contributed by atoms with Crippen molar-refractivity contribution >= 4 is 35.7 Å². The summed E-state index contributed by atoms with van der Waals surface area (Å²) < 4.78 is 0. The summed E-state index contributed by atoms with van der Waals surface area (Å²) in [5, 5.41) is 0. The van der Waals surface area contributed by atoms with Crippen LogP contribution in [0.3, 0.4) is 0 Å². The monoisotopic (exact) mass is 472 g/mol. The molecule has 0 saturated carbocycles. The maximum absolute atomic E-state index is 3.99. The third-order valence-corrected chi connectivity index (χ3v) is 5.77. The van der Waals surface area contributed by atoms with E-state index in [0.717, 1.165) is 59.8 Å². The van der Waals surface area contributed by atoms with E-state index in [0.29, 0.717) is 0 Å². The second-order valence-corrected chi connectivity index (χ2v) is 8.42. The van der Waals surface area contributed by atoms with Gasteiger partial charge in [-0.05, 0) is 34.4 Å². The highest BCUT2D eigenvalue weighted by Gasteiger charge is 2.15. The highest BCUT2D eigenvalue weighted by atomic mass is 15.1. The fraction of sp³-hybridized carbons (Fsp3) is 0.118. The Morgan fingerprint density at radius 2 is 0.806 bits per heavy atom. The van der Waals surface area contributed by atoms with Gasteiger partial charge in [0.05, 0.1) is 0 Å². The molecule has 3 aromatic carbocycles. The first-order chi connectivity index (χ1) is 17.7. The van der Waals surface area contributed by atoms with Crippen molar-refractivity contribution in [1.82, 2.24) is 0 Å². The van der Waals surface area contributed by atoms with Crippen molar-refractivity contribution in [1.29, 1.82) is 0 Å². The summed E-state index contributed by atoms with van der Waals surface area (Å²) in [5.41, 5.74) is 6.85. The molecule has 2 nitrogen and oxygen atoms in total. The van der Waals surface area contributed by atoms with Crippen LogP contribution in [0.4, 0.5) is 11.4 Å². The molecule has 0 aliphatic rings. The Morgan fingerprint density at radius 3 is 1.11 bits per heavy atom. The highest BCUT2D eigenvalue weighted by Crippen LogP contribution is 2.34. The Balaban J connectivity index is 2.21. The molecule has 182 valence electrons. The molecule has 0 atom stereocenters. The largest absolute Gasteiger partial charge is 0.364 e. The molecule has 0 aliphatic carbocycles. The molecule has 2 heteroatoms. The molecule has 0 unspecified atom stereocenters. The van der Waals surface area contributed by atoms with Crippen LogP contribution >= 0.6 is 0 Å². The molecular weight excluding hydrogens is 436 g/mol. The quantitative estimate of drug-likeness (QED) is 0.172. The highest BCUT2D eigenvalue weighted by molar-refractivity contribution is 5.86. The molecule has 3 aromatic rings. The lowest BCUT2D eigenvalue weighted by atomic mass is 10.0. The summed E-state index contributed by atoms with van der Waals surface area (Å²) in [6.45, 7) is 18.8. The summed E-state index contributed by atoms with van der Waals surface area (Å²) in [6, 6.07) is 25.3. The van der Waals surface area contributed by atoms with Crippen LogP contribution in [0.25, 0.3) is 24.3 Å². The fourth-order valence-electron chi connectivity index (χ4n) is 4.09. The summed E-state index contributed by atoms with van der Waals surface area (Å²) >= 11 is 0. The zero-order valence-corrected chi connectivity index (χ0v) is 21.1. The molecule has 0 N–H and O–H groups in total. The lowest BCUT2D eigenvalue weighted by molar-refractivity contribution is 0.940. The normalized spacial score (nSPS) is 10.9. The van der Waals surface area contributed by atoms with Crippen molar-refractivity contribution in [3.05, 3.63) is 146 Å². The Morgan fingerprint density at radius 1 is 0.472 bits per heavy atom. The molecule has 0 aromatic heterocycles. The number of benzene rings is 3. The molecule has 0 aliphatic heterocycles. The minimum absolute atomic E-state index is 0.725. The van der Waals surface area contributed by atoms with Gasteiger partial charge >= 0.3 is 0 Å². The van der Waals surface area contributed by atoms with Crippen molar-refractivity contribution in [3.63, 3.8) is 0 Å². The number of anilines is 2. The maximum atomic E-state index is 3.99. The van der Waals surface area contributed by atoms with Crippen LogP contribution < -0.4 is 9.80 Å². The molecule has 0 bridgehead atoms. The zero-order valence-electron chi connectivity index (χ0n) is 21.1. The first kappa shape index (κ1) is 26.3. The van der Waals surface area contributed by atoms with E-state index in [1.165, 1.54) is 0 Å². The van der Waals surface area contributed by atoms with Crippen LogP contribution in [-0.4, -0.2) is 26.2 Å². The molecule has 0 heterocycles. The van der Waals surface area contributed by atoms with Gasteiger partial charge in [0, 0.05) is 37.6 Å². The second-order valence-electron chi connectivity index (χ2n) is 8.42. The van der Waals surface area contributed by atoms with Crippen molar-refractivity contribution in [3.8, 4) is 0 Å². The average molecular weight is 473 g/mol. The van der Waals surface area contributed by atoms with Gasteiger partial charge in [-0.1, -0.05) is 109 Å². The van der Waals surface area contributed by atoms with E-state index in [1.807, 2.05) is 36.4 Å². The minimum Gasteiger partial charge on any atom is -0.364 e. The predicted octanol–water partition coefficient (Wildman–Crippen LogP) is 8.38. The van der Waals surface area contributed by atoms with Gasteiger partial charge in [-0.25, -0.2) is 0 Å². The molecule has 0 spiro atoms. The summed E-state index contributed by atoms with van der Waals surface area (Å²) in [5.74, 6) is 0. The number of nitrogens with zero attached hydrogens (tertiary/aromatic N) is 2. The standard InChI is InChI=1S/C34H36N2/c1-5-23-35(24-6-2)33-27-32(22-20-30-17-13-10-14-18-30)34(36(25-7-3)26-8-4)28-31(33)21-19-29-15-11-9-12-16-29/h5-22,27-28H,1-4,23-26H2. The van der Waals surface area contributed by atoms with Gasteiger partial charge in [0.2, 0.25) is 0 Å². The molecule has 0 radical (unpaired) electrons. The Kier molecular flexibility index (Phi) is 10.4. The van der Waals surface area contributed by atoms with E-state index >= 15 is 0 Å². The van der Waals surface area contributed by atoms with E-state index < -0.39 is 0 Å². The molecule has 0 saturated heterocycles. The van der Waals surface area contributed by atoms with E-state index in [1.54, 1.807) is 0 Å². The van der Waals surface area contributed by atoms with Crippen molar-refractivity contribution in [2.45, 2.75) is 0 Å². The van der Waals surface area contributed by atoms with Gasteiger partial charge in [0.1, 0.15) is 0 Å². The first-order valence-corrected chi connectivity index (χ1v) is 12.3. The van der Waals surface area contributed by atoms with Crippen molar-refractivity contribution in [2.24, 2.45) is 0 Å². The lowest BCUT2D eigenvalue weighted by Gasteiger charge is -2.29. The lowest BCUT2D eigenvalue weighted by Crippen LogP contribution is -2.26. The van der Waals surface area contributed by atoms with Gasteiger partial charge in [-0.3, -0.25) is 0 Å². The molecule has 0 fully saturated rings. The third kappa shape index (κ3) is 7.35. The number of rotatable bonds is 14. The minimum atomic E-state index is 0.725. The first-order valence-electron chi connectivity index (χ1n) is 12.3. The summed E-state index contributed by atoms with van der Waals surface area (Å²) in [7, 11) is 0. The number of hydrogen-bond donors (Lipinski definition) is 0. The van der Waals surface area contributed by atoms with Crippen molar-refractivity contribution in [2.75, 3.05) is 36.0 Å². The van der Waals surface area contributed by atoms with Crippen LogP contribution in [0.1, 0.15) is 22.3 Å². The maximum Gasteiger partial charge on any atom is 0.0453 e. The van der Waals surface area contributed by atoms with Crippen LogP contribution in [-0.2, 0) is 0 Å². The SMILES string of the molecule is C=CCN(CC=C)c1cc(C=Cc2ccccc2)c(N(CC=C)CC=C)cc1C=Cc1ccccc1. The summed E-state index contributed by atoms with van der Waals surface area (Å²) in [4.78, 5) is 4.58. The smallest absolute Gasteiger partial charge is 0.0453 e. The summed E-state index contributed by atoms with van der Waals surface area (Å²) in [6.07, 6.45) is 16.4. The molecule has 3 rings (SSSR count). The fourth-order valence-corrected chi connectivity index (χ4v) is 4.09. The van der Waals surface area contributed by atoms with Crippen LogP contribution in [0.15, 0.2) is 123 Å². The topological polar surface area (TPSA) is 6.48 Å². The van der Waals surface area contributed by atoms with Gasteiger partial charge in [-0.15, -0.1) is 26.3 Å². The average Bonchev–Trinajstić information content (AvgIpc) is 2.91. The Hall–Kier alpha value is -4.30. The van der Waals surface area contributed by atoms with Crippen LogP contribution in [0, 0.1) is 0 Å². The van der Waals surface area contributed by atoms with Gasteiger partial charge < -0.3 is 9.80 Å². The Bertz CT molecular complexity index is 1090. The van der Waals surface area contributed by atoms with Gasteiger partial charge in [-0.2, -0.15) is 0 Å². The van der Waals surface area contributed by atoms with Gasteiger partial charge in [0.15, 0.2) is 0 Å². The third-order valence-electron chi connectivity index (χ3n) is 5.77. The second kappa shape index (κ2) is 14.2.